The Morgan fingerprint density at radius 2 is 1.90 bits per heavy atom. The molecule has 0 spiro atoms. The molecule has 1 aliphatic rings. The van der Waals surface area contributed by atoms with Crippen LogP contribution >= 0.6 is 0 Å². The van der Waals surface area contributed by atoms with E-state index in [2.05, 4.69) is 19.9 Å². The number of hydrogen-bond donors (Lipinski definition) is 0. The molecule has 1 aliphatic heterocycles. The molecule has 166 valence electrons. The fourth-order valence-electron chi connectivity index (χ4n) is 4.20. The molecule has 6 nitrogen and oxygen atoms in total. The minimum Gasteiger partial charge on any atom is -0.493 e. The molecule has 0 N–H and O–H groups in total. The van der Waals surface area contributed by atoms with Gasteiger partial charge in [-0.15, -0.1) is 0 Å². The van der Waals surface area contributed by atoms with Crippen LogP contribution in [0.2, 0.25) is 0 Å². The second-order valence-electron chi connectivity index (χ2n) is 8.12. The van der Waals surface area contributed by atoms with E-state index in [4.69, 9.17) is 9.47 Å². The number of carbonyl (C=O) groups is 2. The van der Waals surface area contributed by atoms with E-state index in [0.717, 1.165) is 23.2 Å². The number of carbonyl (C=O) groups excluding carboxylic acids is 2. The Hall–Kier alpha value is -3.02. The lowest BCUT2D eigenvalue weighted by molar-refractivity contribution is -0.135. The molecule has 0 bridgehead atoms. The first-order chi connectivity index (χ1) is 14.9. The lowest BCUT2D eigenvalue weighted by Crippen LogP contribution is -2.34. The Morgan fingerprint density at radius 1 is 1.16 bits per heavy atom. The molecule has 6 heteroatoms. The van der Waals surface area contributed by atoms with E-state index in [-0.39, 0.29) is 24.2 Å². The van der Waals surface area contributed by atoms with Crippen molar-refractivity contribution in [2.75, 3.05) is 32.7 Å². The summed E-state index contributed by atoms with van der Waals surface area (Å²) in [7, 11) is 4.94. The molecular formula is C25H32N2O4. The highest BCUT2D eigenvalue weighted by Crippen LogP contribution is 2.35. The summed E-state index contributed by atoms with van der Waals surface area (Å²) in [5, 5.41) is 0. The lowest BCUT2D eigenvalue weighted by Gasteiger charge is -2.24. The predicted molar refractivity (Wildman–Crippen MR) is 122 cm³/mol. The fourth-order valence-corrected chi connectivity index (χ4v) is 4.20. The summed E-state index contributed by atoms with van der Waals surface area (Å²) in [6, 6.07) is 13.6. The van der Waals surface area contributed by atoms with E-state index in [9.17, 15) is 9.59 Å². The van der Waals surface area contributed by atoms with Gasteiger partial charge in [0.25, 0.3) is 0 Å². The second kappa shape index (κ2) is 9.86. The summed E-state index contributed by atoms with van der Waals surface area (Å²) in [5.41, 5.74) is 2.94. The number of hydrogen-bond acceptors (Lipinski definition) is 4. The van der Waals surface area contributed by atoms with Gasteiger partial charge in [0.15, 0.2) is 11.5 Å². The van der Waals surface area contributed by atoms with Gasteiger partial charge >= 0.3 is 0 Å². The molecule has 0 aromatic heterocycles. The van der Waals surface area contributed by atoms with Gasteiger partial charge in [-0.3, -0.25) is 9.59 Å². The van der Waals surface area contributed by atoms with Crippen LogP contribution in [0.15, 0.2) is 42.5 Å². The zero-order valence-corrected chi connectivity index (χ0v) is 19.1. The van der Waals surface area contributed by atoms with Gasteiger partial charge in [0.05, 0.1) is 20.1 Å². The summed E-state index contributed by atoms with van der Waals surface area (Å²) >= 11 is 0. The van der Waals surface area contributed by atoms with Crippen molar-refractivity contribution in [1.29, 1.82) is 0 Å². The highest BCUT2D eigenvalue weighted by atomic mass is 16.5. The highest BCUT2D eigenvalue weighted by Gasteiger charge is 2.37. The van der Waals surface area contributed by atoms with Crippen LogP contribution < -0.4 is 14.4 Å². The predicted octanol–water partition coefficient (Wildman–Crippen LogP) is 4.23. The van der Waals surface area contributed by atoms with E-state index in [0.29, 0.717) is 30.5 Å². The van der Waals surface area contributed by atoms with Gasteiger partial charge in [0.1, 0.15) is 0 Å². The molecule has 31 heavy (non-hydrogen) atoms. The third-order valence-electron chi connectivity index (χ3n) is 6.11. The van der Waals surface area contributed by atoms with Crippen LogP contribution in [0, 0.1) is 5.92 Å². The molecule has 1 saturated heterocycles. The van der Waals surface area contributed by atoms with Gasteiger partial charge in [-0.25, -0.2) is 0 Å². The Balaban J connectivity index is 1.76. The van der Waals surface area contributed by atoms with Crippen LogP contribution in [0.3, 0.4) is 0 Å². The molecule has 2 aromatic carbocycles. The van der Waals surface area contributed by atoms with Crippen molar-refractivity contribution in [2.24, 2.45) is 5.92 Å². The smallest absolute Gasteiger partial charge is 0.228 e. The van der Waals surface area contributed by atoms with E-state index >= 15 is 0 Å². The molecule has 2 atom stereocenters. The van der Waals surface area contributed by atoms with Crippen molar-refractivity contribution < 1.29 is 19.1 Å². The maximum absolute atomic E-state index is 13.2. The second-order valence-corrected chi connectivity index (χ2v) is 8.12. The van der Waals surface area contributed by atoms with Crippen LogP contribution in [0.1, 0.15) is 43.7 Å². The van der Waals surface area contributed by atoms with Gasteiger partial charge in [-0.2, -0.15) is 0 Å². The Morgan fingerprint density at radius 3 is 2.58 bits per heavy atom. The number of para-hydroxylation sites is 2. The number of nitrogens with zero attached hydrogens (tertiary/aromatic N) is 2. The van der Waals surface area contributed by atoms with Crippen LogP contribution in [-0.2, 0) is 16.1 Å². The minimum absolute atomic E-state index is 0.00136. The third kappa shape index (κ3) is 4.68. The summed E-state index contributed by atoms with van der Waals surface area (Å²) in [6.07, 6.45) is 1.22. The Labute approximate surface area is 184 Å². The maximum Gasteiger partial charge on any atom is 0.228 e. The molecule has 3 rings (SSSR count). The lowest BCUT2D eigenvalue weighted by atomic mass is 9.96. The molecule has 0 unspecified atom stereocenters. The zero-order valence-electron chi connectivity index (χ0n) is 19.1. The first kappa shape index (κ1) is 22.7. The van der Waals surface area contributed by atoms with Gasteiger partial charge in [0.2, 0.25) is 11.8 Å². The van der Waals surface area contributed by atoms with Crippen LogP contribution in [0.25, 0.3) is 0 Å². The minimum atomic E-state index is -0.362. The number of methoxy groups -OCH3 is 2. The highest BCUT2D eigenvalue weighted by molar-refractivity contribution is 6.00. The molecule has 1 heterocycles. The summed E-state index contributed by atoms with van der Waals surface area (Å²) in [5.74, 6) is 1.20. The van der Waals surface area contributed by atoms with E-state index in [1.165, 1.54) is 0 Å². The number of amides is 2. The molecular weight excluding hydrogens is 392 g/mol. The monoisotopic (exact) mass is 424 g/mol. The quantitative estimate of drug-likeness (QED) is 0.636. The molecule has 2 aromatic rings. The Bertz CT molecular complexity index is 943. The van der Waals surface area contributed by atoms with Crippen molar-refractivity contribution in [2.45, 2.75) is 39.2 Å². The topological polar surface area (TPSA) is 59.1 Å². The van der Waals surface area contributed by atoms with Crippen molar-refractivity contribution in [3.05, 3.63) is 53.6 Å². The first-order valence-electron chi connectivity index (χ1n) is 10.7. The molecule has 0 aliphatic carbocycles. The van der Waals surface area contributed by atoms with Crippen molar-refractivity contribution in [3.8, 4) is 11.5 Å². The average molecular weight is 425 g/mol. The summed E-state index contributed by atoms with van der Waals surface area (Å²) < 4.78 is 10.8. The standard InChI is InChI=1S/C25H32N2O4/c1-6-17(2)20-11-7-8-12-21(20)27-16-19(14-23(27)28)25(29)26(3)15-18-10-9-13-22(30-4)24(18)31-5/h7-13,17,19H,6,14-16H2,1-5H3/t17-,19+/m1/s1. The number of anilines is 1. The number of rotatable bonds is 8. The fraction of sp³-hybridized carbons (Fsp3) is 0.440. The van der Waals surface area contributed by atoms with E-state index < -0.39 is 0 Å². The average Bonchev–Trinajstić information content (AvgIpc) is 3.18. The number of ether oxygens (including phenoxy) is 2. The molecule has 0 saturated carbocycles. The normalized spacial score (nSPS) is 16.9. The van der Waals surface area contributed by atoms with Crippen molar-refractivity contribution in [1.82, 2.24) is 4.90 Å². The molecule has 2 amide bonds. The molecule has 0 radical (unpaired) electrons. The molecule has 1 fully saturated rings. The zero-order chi connectivity index (χ0) is 22.5. The van der Waals surface area contributed by atoms with Gasteiger partial charge in [-0.05, 0) is 30.0 Å². The van der Waals surface area contributed by atoms with Gasteiger partial charge in [-0.1, -0.05) is 44.2 Å². The van der Waals surface area contributed by atoms with E-state index in [1.807, 2.05) is 36.4 Å². The van der Waals surface area contributed by atoms with Crippen molar-refractivity contribution >= 4 is 17.5 Å². The van der Waals surface area contributed by atoms with Crippen LogP contribution in [0.5, 0.6) is 11.5 Å². The van der Waals surface area contributed by atoms with Crippen LogP contribution in [-0.4, -0.2) is 44.5 Å². The summed E-state index contributed by atoms with van der Waals surface area (Å²) in [4.78, 5) is 29.5. The summed E-state index contributed by atoms with van der Waals surface area (Å²) in [6.45, 7) is 5.09. The first-order valence-corrected chi connectivity index (χ1v) is 10.7. The van der Waals surface area contributed by atoms with Crippen molar-refractivity contribution in [3.63, 3.8) is 0 Å². The van der Waals surface area contributed by atoms with Gasteiger partial charge in [0, 0.05) is 37.8 Å². The maximum atomic E-state index is 13.2. The largest absolute Gasteiger partial charge is 0.493 e. The van der Waals surface area contributed by atoms with Gasteiger partial charge < -0.3 is 19.3 Å². The van der Waals surface area contributed by atoms with Crippen LogP contribution in [0.4, 0.5) is 5.69 Å². The SMILES string of the molecule is CC[C@@H](C)c1ccccc1N1C[C@@H](C(=O)N(C)Cc2cccc(OC)c2OC)CC1=O. The Kier molecular flexibility index (Phi) is 7.21. The number of benzene rings is 2. The van der Waals surface area contributed by atoms with E-state index in [1.54, 1.807) is 31.1 Å². The third-order valence-corrected chi connectivity index (χ3v) is 6.11.